The molecule has 1 amide bonds. The summed E-state index contributed by atoms with van der Waals surface area (Å²) in [6, 6.07) is 4.71. The van der Waals surface area contributed by atoms with Crippen molar-refractivity contribution in [1.82, 2.24) is 0 Å². The van der Waals surface area contributed by atoms with Gasteiger partial charge in [0.15, 0.2) is 0 Å². The van der Waals surface area contributed by atoms with Crippen molar-refractivity contribution >= 4 is 27.5 Å². The van der Waals surface area contributed by atoms with Crippen molar-refractivity contribution in [3.8, 4) is 0 Å². The lowest BCUT2D eigenvalue weighted by atomic mass is 10.2. The first kappa shape index (κ1) is 15.1. The van der Waals surface area contributed by atoms with Crippen LogP contribution in [0, 0.1) is 0 Å². The van der Waals surface area contributed by atoms with Gasteiger partial charge in [0, 0.05) is 7.05 Å². The van der Waals surface area contributed by atoms with Crippen LogP contribution in [0.25, 0.3) is 0 Å². The fraction of sp³-hybridized carbons (Fsp3) is 0.222. The molecule has 0 saturated carbocycles. The molecule has 1 aromatic rings. The number of carboxylic acid groups (broad SMARTS) is 1. The van der Waals surface area contributed by atoms with E-state index < -0.39 is 27.3 Å². The van der Waals surface area contributed by atoms with E-state index in [0.717, 1.165) is 19.2 Å². The molecular formula is C9H8F3N2O4S-. The Kier molecular flexibility index (Phi) is 3.94. The summed E-state index contributed by atoms with van der Waals surface area (Å²) in [5.41, 5.74) is -6.30. The predicted molar refractivity (Wildman–Crippen MR) is 58.8 cm³/mol. The van der Waals surface area contributed by atoms with Gasteiger partial charge in [-0.3, -0.25) is 4.72 Å². The normalized spacial score (nSPS) is 12.0. The Morgan fingerprint density at radius 1 is 1.32 bits per heavy atom. The van der Waals surface area contributed by atoms with Crippen molar-refractivity contribution in [1.29, 1.82) is 0 Å². The molecule has 1 rings (SSSR count). The van der Waals surface area contributed by atoms with Crippen LogP contribution in [-0.4, -0.2) is 27.1 Å². The second-order valence-electron chi connectivity index (χ2n) is 3.39. The first-order chi connectivity index (χ1) is 8.56. The maximum atomic E-state index is 12.2. The third-order valence-corrected chi connectivity index (χ3v) is 3.19. The van der Waals surface area contributed by atoms with Crippen LogP contribution < -0.4 is 14.7 Å². The van der Waals surface area contributed by atoms with E-state index in [0.29, 0.717) is 4.90 Å². The molecule has 6 nitrogen and oxygen atoms in total. The molecule has 0 bridgehead atoms. The zero-order valence-electron chi connectivity index (χ0n) is 9.43. The van der Waals surface area contributed by atoms with Gasteiger partial charge >= 0.3 is 15.5 Å². The summed E-state index contributed by atoms with van der Waals surface area (Å²) in [6.45, 7) is 0. The maximum Gasteiger partial charge on any atom is 0.516 e. The highest BCUT2D eigenvalue weighted by Gasteiger charge is 2.46. The van der Waals surface area contributed by atoms with Crippen molar-refractivity contribution in [3.05, 3.63) is 24.3 Å². The number of nitrogens with one attached hydrogen (secondary N) is 1. The summed E-state index contributed by atoms with van der Waals surface area (Å²) in [6.07, 6.45) is -1.70. The maximum absolute atomic E-state index is 12.2. The van der Waals surface area contributed by atoms with Crippen LogP contribution in [0.3, 0.4) is 0 Å². The average molecular weight is 297 g/mol. The summed E-state index contributed by atoms with van der Waals surface area (Å²) in [7, 11) is -4.61. The highest BCUT2D eigenvalue weighted by molar-refractivity contribution is 7.93. The van der Waals surface area contributed by atoms with Gasteiger partial charge in [0.1, 0.15) is 6.09 Å². The Morgan fingerprint density at radius 3 is 2.32 bits per heavy atom. The molecule has 10 heteroatoms. The fourth-order valence-electron chi connectivity index (χ4n) is 1.15. The van der Waals surface area contributed by atoms with E-state index in [-0.39, 0.29) is 5.69 Å². The van der Waals surface area contributed by atoms with Crippen LogP contribution in [0.4, 0.5) is 29.3 Å². The van der Waals surface area contributed by atoms with E-state index in [1.807, 2.05) is 0 Å². The number of rotatable bonds is 3. The molecule has 0 fully saturated rings. The highest BCUT2D eigenvalue weighted by Crippen LogP contribution is 2.30. The number of halogens is 3. The van der Waals surface area contributed by atoms with E-state index >= 15 is 0 Å². The summed E-state index contributed by atoms with van der Waals surface area (Å²) >= 11 is 0. The molecule has 1 N–H and O–H groups in total. The number of nitrogens with zero attached hydrogens (tertiary/aromatic N) is 1. The first-order valence-electron chi connectivity index (χ1n) is 4.69. The van der Waals surface area contributed by atoms with E-state index in [9.17, 15) is 31.5 Å². The second kappa shape index (κ2) is 4.96. The van der Waals surface area contributed by atoms with Crippen LogP contribution in [0.2, 0.25) is 0 Å². The first-order valence-corrected chi connectivity index (χ1v) is 6.17. The SMILES string of the molecule is CN(C(=O)[O-])c1ccccc1NS(=O)(=O)C(F)(F)F. The molecule has 0 heterocycles. The van der Waals surface area contributed by atoms with Crippen molar-refractivity contribution in [2.75, 3.05) is 16.7 Å². The third kappa shape index (κ3) is 3.28. The van der Waals surface area contributed by atoms with Crippen LogP contribution >= 0.6 is 0 Å². The molecule has 0 aliphatic carbocycles. The molecule has 0 aliphatic heterocycles. The lowest BCUT2D eigenvalue weighted by molar-refractivity contribution is -0.246. The topological polar surface area (TPSA) is 89.5 Å². The minimum atomic E-state index is -5.62. The Balaban J connectivity index is 3.20. The van der Waals surface area contributed by atoms with E-state index in [2.05, 4.69) is 0 Å². The number of para-hydroxylation sites is 2. The van der Waals surface area contributed by atoms with Crippen molar-refractivity contribution in [3.63, 3.8) is 0 Å². The summed E-state index contributed by atoms with van der Waals surface area (Å²) in [5.74, 6) is 0. The molecule has 0 aromatic heterocycles. The Bertz CT molecular complexity index is 585. The molecule has 0 aliphatic rings. The molecule has 0 unspecified atom stereocenters. The standard InChI is InChI=1S/C9H9F3N2O4S/c1-14(8(15)16)7-5-3-2-4-6(7)13-19(17,18)9(10,11)12/h2-5,13H,1H3,(H,15,16)/p-1. The lowest BCUT2D eigenvalue weighted by Crippen LogP contribution is -2.39. The van der Waals surface area contributed by atoms with Crippen LogP contribution in [0.5, 0.6) is 0 Å². The predicted octanol–water partition coefficient (Wildman–Crippen LogP) is 0.728. The zero-order chi connectivity index (χ0) is 14.8. The quantitative estimate of drug-likeness (QED) is 0.890. The smallest absolute Gasteiger partial charge is 0.516 e. The van der Waals surface area contributed by atoms with E-state index in [4.69, 9.17) is 0 Å². The van der Waals surface area contributed by atoms with Crippen molar-refractivity contribution in [2.24, 2.45) is 0 Å². The average Bonchev–Trinajstić information content (AvgIpc) is 2.26. The van der Waals surface area contributed by atoms with Crippen LogP contribution in [0.15, 0.2) is 24.3 Å². The number of amides is 1. The molecule has 0 spiro atoms. The number of hydrogen-bond donors (Lipinski definition) is 1. The molecule has 0 atom stereocenters. The van der Waals surface area contributed by atoms with Gasteiger partial charge in [0.25, 0.3) is 0 Å². The second-order valence-corrected chi connectivity index (χ2v) is 5.07. The van der Waals surface area contributed by atoms with Gasteiger partial charge in [-0.25, -0.2) is 0 Å². The van der Waals surface area contributed by atoms with Gasteiger partial charge in [-0.2, -0.15) is 21.6 Å². The number of hydrogen-bond acceptors (Lipinski definition) is 4. The molecular weight excluding hydrogens is 289 g/mol. The number of benzene rings is 1. The monoisotopic (exact) mass is 297 g/mol. The fourth-order valence-corrected chi connectivity index (χ4v) is 1.73. The zero-order valence-corrected chi connectivity index (χ0v) is 10.2. The number of anilines is 2. The lowest BCUT2D eigenvalue weighted by Gasteiger charge is -2.23. The van der Waals surface area contributed by atoms with Gasteiger partial charge in [0.2, 0.25) is 0 Å². The summed E-state index contributed by atoms with van der Waals surface area (Å²) in [4.78, 5) is 11.1. The van der Waals surface area contributed by atoms with Gasteiger partial charge in [-0.05, 0) is 12.1 Å². The van der Waals surface area contributed by atoms with Crippen molar-refractivity contribution < 1.29 is 31.5 Å². The largest absolute Gasteiger partial charge is 0.530 e. The minimum Gasteiger partial charge on any atom is -0.530 e. The van der Waals surface area contributed by atoms with Crippen molar-refractivity contribution in [2.45, 2.75) is 5.51 Å². The van der Waals surface area contributed by atoms with Gasteiger partial charge < -0.3 is 14.8 Å². The van der Waals surface area contributed by atoms with Gasteiger partial charge in [-0.15, -0.1) is 0 Å². The van der Waals surface area contributed by atoms with Crippen LogP contribution in [0.1, 0.15) is 0 Å². The third-order valence-electron chi connectivity index (χ3n) is 2.09. The summed E-state index contributed by atoms with van der Waals surface area (Å²) < 4.78 is 59.8. The summed E-state index contributed by atoms with van der Waals surface area (Å²) in [5, 5.41) is 10.6. The molecule has 19 heavy (non-hydrogen) atoms. The Hall–Kier alpha value is -1.97. The van der Waals surface area contributed by atoms with E-state index in [1.165, 1.54) is 16.9 Å². The Labute approximate surface area is 106 Å². The van der Waals surface area contributed by atoms with Crippen LogP contribution in [-0.2, 0) is 10.0 Å². The van der Waals surface area contributed by atoms with Gasteiger partial charge in [-0.1, -0.05) is 12.1 Å². The highest BCUT2D eigenvalue weighted by atomic mass is 32.2. The number of carbonyl (C=O) groups is 1. The molecule has 106 valence electrons. The molecule has 0 radical (unpaired) electrons. The number of carbonyl (C=O) groups excluding carboxylic acids is 1. The number of sulfonamides is 1. The molecule has 1 aromatic carbocycles. The number of alkyl halides is 3. The minimum absolute atomic E-state index is 0.282. The van der Waals surface area contributed by atoms with Gasteiger partial charge in [0.05, 0.1) is 11.4 Å². The van der Waals surface area contributed by atoms with E-state index in [1.54, 1.807) is 0 Å². The Morgan fingerprint density at radius 2 is 1.84 bits per heavy atom. The molecule has 0 saturated heterocycles.